The van der Waals surface area contributed by atoms with Crippen LogP contribution in [0.2, 0.25) is 0 Å². The van der Waals surface area contributed by atoms with Crippen molar-refractivity contribution >= 4 is 8.60 Å². The molecule has 2 aliphatic carbocycles. The van der Waals surface area contributed by atoms with Gasteiger partial charge in [0.2, 0.25) is 0 Å². The van der Waals surface area contributed by atoms with Crippen molar-refractivity contribution in [1.29, 1.82) is 0 Å². The number of para-hydroxylation sites is 2. The van der Waals surface area contributed by atoms with Gasteiger partial charge in [0, 0.05) is 0 Å². The van der Waals surface area contributed by atoms with Gasteiger partial charge in [-0.05, 0) is 67.2 Å². The van der Waals surface area contributed by atoms with Crippen LogP contribution in [0, 0.1) is 0 Å². The van der Waals surface area contributed by atoms with Crippen molar-refractivity contribution < 1.29 is 13.6 Å². The monoisotopic (exact) mass is 580 g/mol. The van der Waals surface area contributed by atoms with Crippen LogP contribution in [0.1, 0.15) is 165 Å². The molecule has 0 aromatic heterocycles. The molecule has 0 N–H and O–H groups in total. The minimum Gasteiger partial charge on any atom is -0.417 e. The van der Waals surface area contributed by atoms with Crippen molar-refractivity contribution in [3.05, 3.63) is 59.7 Å². The Morgan fingerprint density at radius 3 is 1.41 bits per heavy atom. The molecule has 4 rings (SSSR count). The molecule has 0 spiro atoms. The van der Waals surface area contributed by atoms with Gasteiger partial charge in [-0.3, -0.25) is 4.52 Å². The minimum absolute atomic E-state index is 0.581. The molecule has 0 amide bonds. The van der Waals surface area contributed by atoms with Crippen LogP contribution in [0.25, 0.3) is 0 Å². The van der Waals surface area contributed by atoms with Crippen LogP contribution >= 0.6 is 8.60 Å². The summed E-state index contributed by atoms with van der Waals surface area (Å²) < 4.78 is 19.8. The molecule has 3 nitrogen and oxygen atoms in total. The molecule has 2 aromatic carbocycles. The predicted octanol–water partition coefficient (Wildman–Crippen LogP) is 12.8. The average molecular weight is 581 g/mol. The van der Waals surface area contributed by atoms with E-state index in [1.54, 1.807) is 0 Å². The molecule has 0 saturated heterocycles. The Balaban J connectivity index is 1.32. The normalized spacial score (nSPS) is 16.7. The maximum absolute atomic E-state index is 6.67. The van der Waals surface area contributed by atoms with E-state index in [4.69, 9.17) is 13.6 Å². The van der Waals surface area contributed by atoms with Crippen LogP contribution in [-0.4, -0.2) is 6.61 Å². The maximum atomic E-state index is 6.67. The Morgan fingerprint density at radius 2 is 0.951 bits per heavy atom. The largest absolute Gasteiger partial charge is 0.463 e. The zero-order chi connectivity index (χ0) is 28.4. The highest BCUT2D eigenvalue weighted by atomic mass is 31.2. The van der Waals surface area contributed by atoms with E-state index >= 15 is 0 Å². The van der Waals surface area contributed by atoms with E-state index in [-0.39, 0.29) is 0 Å². The minimum atomic E-state index is -1.53. The molecular weight excluding hydrogens is 523 g/mol. The Hall–Kier alpha value is -1.57. The van der Waals surface area contributed by atoms with Crippen molar-refractivity contribution in [2.45, 2.75) is 154 Å². The van der Waals surface area contributed by atoms with Gasteiger partial charge in [-0.25, -0.2) is 0 Å². The molecule has 0 unspecified atom stereocenters. The first-order chi connectivity index (χ1) is 20.3. The van der Waals surface area contributed by atoms with Crippen LogP contribution in [-0.2, 0) is 4.52 Å². The van der Waals surface area contributed by atoms with Crippen LogP contribution in [0.4, 0.5) is 0 Å². The van der Waals surface area contributed by atoms with Crippen LogP contribution in [0.5, 0.6) is 11.5 Å². The molecule has 2 aromatic rings. The SMILES string of the molecule is CCCCCCCCCCCCCOP(Oc1ccccc1C1CCCCC1)Oc1ccccc1C1CCCCC1. The van der Waals surface area contributed by atoms with Crippen LogP contribution in [0.3, 0.4) is 0 Å². The summed E-state index contributed by atoms with van der Waals surface area (Å²) in [6.45, 7) is 2.98. The highest BCUT2D eigenvalue weighted by molar-refractivity contribution is 7.42. The van der Waals surface area contributed by atoms with Crippen LogP contribution < -0.4 is 9.05 Å². The molecule has 0 heterocycles. The fourth-order valence-electron chi connectivity index (χ4n) is 6.77. The van der Waals surface area contributed by atoms with Crippen molar-refractivity contribution in [2.24, 2.45) is 0 Å². The third kappa shape index (κ3) is 11.6. The number of benzene rings is 2. The summed E-state index contributed by atoms with van der Waals surface area (Å²) in [6, 6.07) is 17.3. The molecule has 4 heteroatoms. The highest BCUT2D eigenvalue weighted by Crippen LogP contribution is 2.48. The topological polar surface area (TPSA) is 27.7 Å². The average Bonchev–Trinajstić information content (AvgIpc) is 3.03. The summed E-state index contributed by atoms with van der Waals surface area (Å²) in [7, 11) is -1.53. The molecule has 2 saturated carbocycles. The van der Waals surface area contributed by atoms with E-state index in [1.165, 1.54) is 140 Å². The molecule has 2 fully saturated rings. The van der Waals surface area contributed by atoms with E-state index in [0.717, 1.165) is 17.9 Å². The summed E-state index contributed by atoms with van der Waals surface area (Å²) in [4.78, 5) is 0. The van der Waals surface area contributed by atoms with Gasteiger partial charge < -0.3 is 9.05 Å². The number of rotatable bonds is 19. The first kappa shape index (κ1) is 32.3. The maximum Gasteiger partial charge on any atom is 0.463 e. The summed E-state index contributed by atoms with van der Waals surface area (Å²) >= 11 is 0. The van der Waals surface area contributed by atoms with Gasteiger partial charge in [0.15, 0.2) is 0 Å². The van der Waals surface area contributed by atoms with E-state index in [2.05, 4.69) is 55.5 Å². The Bertz CT molecular complexity index is 887. The Morgan fingerprint density at radius 1 is 0.537 bits per heavy atom. The first-order valence-electron chi connectivity index (χ1n) is 17.3. The van der Waals surface area contributed by atoms with Crippen molar-refractivity contribution in [3.63, 3.8) is 0 Å². The molecule has 41 heavy (non-hydrogen) atoms. The van der Waals surface area contributed by atoms with Crippen molar-refractivity contribution in [3.8, 4) is 11.5 Å². The third-order valence-electron chi connectivity index (χ3n) is 9.22. The summed E-state index contributed by atoms with van der Waals surface area (Å²) in [5, 5.41) is 0. The summed E-state index contributed by atoms with van der Waals surface area (Å²) in [5.74, 6) is 3.08. The molecule has 0 radical (unpaired) electrons. The second-order valence-corrected chi connectivity index (χ2v) is 13.6. The molecule has 228 valence electrons. The standard InChI is InChI=1S/C37H57O3P/c1-2-3-4-5-6-7-8-9-10-11-22-31-38-41(39-36-29-20-18-27-34(36)32-23-14-12-15-24-32)40-37-30-21-19-28-35(37)33-25-16-13-17-26-33/h18-21,27-30,32-33H,2-17,22-26,31H2,1H3. The first-order valence-corrected chi connectivity index (χ1v) is 18.4. The molecule has 0 aliphatic heterocycles. The number of unbranched alkanes of at least 4 members (excludes halogenated alkanes) is 10. The van der Waals surface area contributed by atoms with E-state index in [9.17, 15) is 0 Å². The second-order valence-electron chi connectivity index (χ2n) is 12.5. The van der Waals surface area contributed by atoms with Crippen LogP contribution in [0.15, 0.2) is 48.5 Å². The van der Waals surface area contributed by atoms with Gasteiger partial charge in [-0.1, -0.05) is 146 Å². The lowest BCUT2D eigenvalue weighted by Gasteiger charge is -2.27. The molecule has 0 atom stereocenters. The number of hydrogen-bond donors (Lipinski definition) is 0. The summed E-state index contributed by atoms with van der Waals surface area (Å²) in [5.41, 5.74) is 2.67. The highest BCUT2D eigenvalue weighted by Gasteiger charge is 2.26. The van der Waals surface area contributed by atoms with Gasteiger partial charge in [-0.2, -0.15) is 0 Å². The molecule has 0 bridgehead atoms. The lowest BCUT2D eigenvalue weighted by Crippen LogP contribution is -2.09. The fourth-order valence-corrected chi connectivity index (χ4v) is 7.84. The van der Waals surface area contributed by atoms with Crippen molar-refractivity contribution in [1.82, 2.24) is 0 Å². The van der Waals surface area contributed by atoms with Gasteiger partial charge in [0.05, 0.1) is 6.61 Å². The van der Waals surface area contributed by atoms with E-state index < -0.39 is 8.60 Å². The molecule has 2 aliphatic rings. The van der Waals surface area contributed by atoms with E-state index in [0.29, 0.717) is 18.4 Å². The Labute approximate surface area is 253 Å². The zero-order valence-corrected chi connectivity index (χ0v) is 26.9. The summed E-state index contributed by atoms with van der Waals surface area (Å²) in [6.07, 6.45) is 27.7. The van der Waals surface area contributed by atoms with E-state index in [1.807, 2.05) is 0 Å². The van der Waals surface area contributed by atoms with Gasteiger partial charge in [0.25, 0.3) is 0 Å². The van der Waals surface area contributed by atoms with Crippen molar-refractivity contribution in [2.75, 3.05) is 6.61 Å². The predicted molar refractivity (Wildman–Crippen MR) is 175 cm³/mol. The second kappa shape index (κ2) is 19.6. The fraction of sp³-hybridized carbons (Fsp3) is 0.676. The third-order valence-corrected chi connectivity index (χ3v) is 10.3. The smallest absolute Gasteiger partial charge is 0.417 e. The quantitative estimate of drug-likeness (QED) is 0.122. The lowest BCUT2D eigenvalue weighted by molar-refractivity contribution is 0.256. The molecular formula is C37H57O3P. The zero-order valence-electron chi connectivity index (χ0n) is 26.0. The Kier molecular flexibility index (Phi) is 15.5. The number of hydrogen-bond acceptors (Lipinski definition) is 3. The van der Waals surface area contributed by atoms with Gasteiger partial charge >= 0.3 is 8.60 Å². The van der Waals surface area contributed by atoms with Gasteiger partial charge in [0.1, 0.15) is 11.5 Å². The van der Waals surface area contributed by atoms with Gasteiger partial charge in [-0.15, -0.1) is 0 Å². The lowest BCUT2D eigenvalue weighted by atomic mass is 9.84.